The lowest BCUT2D eigenvalue weighted by Crippen LogP contribution is -2.48. The number of carbonyl (C=O) groups excluding carboxylic acids is 2. The molecule has 1 aromatic heterocycles. The number of β-amino-alcohol motifs (C(OH)–C–C–N with tert-alkyl or cyclic N) is 1. The Morgan fingerprint density at radius 3 is 2.55 bits per heavy atom. The number of aryl methyl sites for hydroxylation is 1. The number of urea groups is 1. The van der Waals surface area contributed by atoms with E-state index in [1.165, 1.54) is 24.4 Å². The van der Waals surface area contributed by atoms with Crippen molar-refractivity contribution in [3.63, 3.8) is 0 Å². The molecule has 0 radical (unpaired) electrons. The van der Waals surface area contributed by atoms with Crippen LogP contribution in [0.5, 0.6) is 0 Å². The van der Waals surface area contributed by atoms with Crippen LogP contribution in [0.15, 0.2) is 60.9 Å². The van der Waals surface area contributed by atoms with E-state index in [-0.39, 0.29) is 33.1 Å². The molecule has 8 nitrogen and oxygen atoms in total. The number of amides is 3. The number of benzene rings is 3. The number of nitrogens with zero attached hydrogens (tertiary/aromatic N) is 3. The van der Waals surface area contributed by atoms with Crippen molar-refractivity contribution >= 4 is 34.9 Å². The molecule has 216 valence electrons. The van der Waals surface area contributed by atoms with Crippen LogP contribution in [0.25, 0.3) is 5.69 Å². The molecule has 0 fully saturated rings. The fourth-order valence-electron chi connectivity index (χ4n) is 5.36. The summed E-state index contributed by atoms with van der Waals surface area (Å²) in [5.41, 5.74) is -3.87. The van der Waals surface area contributed by atoms with E-state index in [0.717, 1.165) is 24.3 Å². The number of alkyl halides is 3. The van der Waals surface area contributed by atoms with Crippen molar-refractivity contribution in [2.24, 2.45) is 0 Å². The number of rotatable bonds is 3. The van der Waals surface area contributed by atoms with Gasteiger partial charge in [-0.25, -0.2) is 18.6 Å². The Balaban J connectivity index is 1.48. The third kappa shape index (κ3) is 4.27. The zero-order valence-corrected chi connectivity index (χ0v) is 22.2. The maximum absolute atomic E-state index is 14.2. The van der Waals surface area contributed by atoms with E-state index < -0.39 is 53.5 Å². The predicted octanol–water partition coefficient (Wildman–Crippen LogP) is 5.75. The minimum absolute atomic E-state index is 0.00427. The van der Waals surface area contributed by atoms with Gasteiger partial charge in [-0.3, -0.25) is 9.69 Å². The molecule has 0 spiro atoms. The molecule has 0 bridgehead atoms. The first-order chi connectivity index (χ1) is 19.8. The van der Waals surface area contributed by atoms with Gasteiger partial charge in [-0.1, -0.05) is 11.6 Å². The first-order valence-corrected chi connectivity index (χ1v) is 12.8. The maximum atomic E-state index is 14.2. The molecular weight excluding hydrogens is 585 g/mol. The van der Waals surface area contributed by atoms with Crippen LogP contribution in [-0.2, 0) is 5.60 Å². The van der Waals surface area contributed by atoms with Crippen molar-refractivity contribution in [1.29, 1.82) is 0 Å². The Kier molecular flexibility index (Phi) is 6.28. The second-order valence-corrected chi connectivity index (χ2v) is 10.3. The van der Waals surface area contributed by atoms with Gasteiger partial charge in [-0.05, 0) is 55.5 Å². The number of hydrogen-bond donors (Lipinski definition) is 3. The standard InChI is InChI=1S/C28H19ClF5N5O3/c1-13-35-6-7-38(13)16-10-18-23(24(37-25(18)40)17-8-14(30)2-4-20(17)29)21(11-16)36-26(41)39-12-27(42,28(32,33)34)19-9-15(31)3-5-22(19)39/h2-11,24,42H,12H2,1H3,(H,36,41)(H,37,40)/t24-,27+/m1/s1. The molecule has 2 aliphatic heterocycles. The van der Waals surface area contributed by atoms with Gasteiger partial charge in [0.05, 0.1) is 24.0 Å². The summed E-state index contributed by atoms with van der Waals surface area (Å²) in [5.74, 6) is -1.71. The number of nitrogens with one attached hydrogen (secondary N) is 2. The van der Waals surface area contributed by atoms with Crippen molar-refractivity contribution in [2.45, 2.75) is 24.7 Å². The topological polar surface area (TPSA) is 99.5 Å². The molecule has 2 aliphatic rings. The Bertz CT molecular complexity index is 1790. The van der Waals surface area contributed by atoms with E-state index in [4.69, 9.17) is 11.6 Å². The fourth-order valence-corrected chi connectivity index (χ4v) is 5.59. The molecule has 0 aliphatic carbocycles. The summed E-state index contributed by atoms with van der Waals surface area (Å²) < 4.78 is 71.7. The average molecular weight is 604 g/mol. The van der Waals surface area contributed by atoms with Crippen LogP contribution in [0.4, 0.5) is 38.1 Å². The molecule has 3 aromatic carbocycles. The zero-order valence-electron chi connectivity index (χ0n) is 21.4. The van der Waals surface area contributed by atoms with E-state index in [0.29, 0.717) is 22.5 Å². The summed E-state index contributed by atoms with van der Waals surface area (Å²) in [4.78, 5) is 31.6. The molecule has 0 saturated heterocycles. The van der Waals surface area contributed by atoms with Gasteiger partial charge in [0.25, 0.3) is 5.91 Å². The number of aromatic nitrogens is 2. The third-order valence-electron chi connectivity index (χ3n) is 7.38. The number of hydrogen-bond acceptors (Lipinski definition) is 4. The zero-order chi connectivity index (χ0) is 30.1. The summed E-state index contributed by atoms with van der Waals surface area (Å²) in [6.07, 6.45) is -2.13. The lowest BCUT2D eigenvalue weighted by Gasteiger charge is -2.27. The Labute approximate surface area is 239 Å². The fraction of sp³-hybridized carbons (Fsp3) is 0.179. The second kappa shape index (κ2) is 9.53. The molecule has 3 amide bonds. The number of fused-ring (bicyclic) bond motifs is 2. The SMILES string of the molecule is Cc1nccn1-c1cc(NC(=O)N2C[C@@](O)(C(F)(F)F)c3cc(F)ccc32)c2c(c1)C(=O)N[C@@H]2c1cc(F)ccc1Cl. The average Bonchev–Trinajstić information content (AvgIpc) is 3.59. The summed E-state index contributed by atoms with van der Waals surface area (Å²) >= 11 is 6.34. The van der Waals surface area contributed by atoms with Crippen molar-refractivity contribution in [1.82, 2.24) is 14.9 Å². The van der Waals surface area contributed by atoms with Crippen LogP contribution in [0.1, 0.15) is 38.9 Å². The molecular formula is C28H19ClF5N5O3. The highest BCUT2D eigenvalue weighted by molar-refractivity contribution is 6.31. The number of aliphatic hydroxyl groups is 1. The smallest absolute Gasteiger partial charge is 0.375 e. The molecule has 3 N–H and O–H groups in total. The molecule has 14 heteroatoms. The maximum Gasteiger partial charge on any atom is 0.423 e. The van der Waals surface area contributed by atoms with Crippen molar-refractivity contribution in [3.8, 4) is 5.69 Å². The first kappa shape index (κ1) is 27.7. The Morgan fingerprint density at radius 1 is 1.14 bits per heavy atom. The number of anilines is 2. The largest absolute Gasteiger partial charge is 0.423 e. The Hall–Kier alpha value is -4.49. The molecule has 0 unspecified atom stereocenters. The van der Waals surface area contributed by atoms with Gasteiger partial charge in [0, 0.05) is 45.4 Å². The van der Waals surface area contributed by atoms with Gasteiger partial charge in [0.15, 0.2) is 0 Å². The van der Waals surface area contributed by atoms with E-state index >= 15 is 0 Å². The van der Waals surface area contributed by atoms with Crippen LogP contribution in [0, 0.1) is 18.6 Å². The van der Waals surface area contributed by atoms with Crippen molar-refractivity contribution in [2.75, 3.05) is 16.8 Å². The van der Waals surface area contributed by atoms with Gasteiger partial charge in [-0.15, -0.1) is 0 Å². The first-order valence-electron chi connectivity index (χ1n) is 12.4. The van der Waals surface area contributed by atoms with E-state index in [1.807, 2.05) is 0 Å². The predicted molar refractivity (Wildman–Crippen MR) is 142 cm³/mol. The van der Waals surface area contributed by atoms with E-state index in [9.17, 15) is 36.6 Å². The quantitative estimate of drug-likeness (QED) is 0.260. The minimum atomic E-state index is -5.24. The van der Waals surface area contributed by atoms with Crippen LogP contribution in [-0.4, -0.2) is 39.3 Å². The van der Waals surface area contributed by atoms with Gasteiger partial charge in [0.1, 0.15) is 17.5 Å². The number of imidazole rings is 1. The van der Waals surface area contributed by atoms with Gasteiger partial charge >= 0.3 is 12.2 Å². The van der Waals surface area contributed by atoms with Gasteiger partial charge in [-0.2, -0.15) is 13.2 Å². The van der Waals surface area contributed by atoms with Crippen molar-refractivity contribution in [3.05, 3.63) is 106 Å². The molecule has 3 heterocycles. The van der Waals surface area contributed by atoms with Crippen LogP contribution in [0.3, 0.4) is 0 Å². The molecule has 6 rings (SSSR count). The lowest BCUT2D eigenvalue weighted by molar-refractivity contribution is -0.258. The summed E-state index contributed by atoms with van der Waals surface area (Å²) in [7, 11) is 0. The normalized spacial score (nSPS) is 19.5. The number of carbonyl (C=O) groups is 2. The Morgan fingerprint density at radius 2 is 1.86 bits per heavy atom. The summed E-state index contributed by atoms with van der Waals surface area (Å²) in [5, 5.41) is 16.0. The highest BCUT2D eigenvalue weighted by Crippen LogP contribution is 2.49. The third-order valence-corrected chi connectivity index (χ3v) is 7.73. The van der Waals surface area contributed by atoms with Crippen LogP contribution < -0.4 is 15.5 Å². The molecule has 2 atom stereocenters. The van der Waals surface area contributed by atoms with Gasteiger partial charge < -0.3 is 20.3 Å². The number of halogens is 6. The minimum Gasteiger partial charge on any atom is -0.375 e. The highest BCUT2D eigenvalue weighted by atomic mass is 35.5. The summed E-state index contributed by atoms with van der Waals surface area (Å²) in [6.45, 7) is 0.444. The lowest BCUT2D eigenvalue weighted by atomic mass is 9.95. The highest BCUT2D eigenvalue weighted by Gasteiger charge is 2.61. The van der Waals surface area contributed by atoms with Crippen LogP contribution >= 0.6 is 11.6 Å². The van der Waals surface area contributed by atoms with Gasteiger partial charge in [0.2, 0.25) is 5.60 Å². The molecule has 4 aromatic rings. The van der Waals surface area contributed by atoms with E-state index in [2.05, 4.69) is 15.6 Å². The second-order valence-electron chi connectivity index (χ2n) is 9.91. The molecule has 0 saturated carbocycles. The summed E-state index contributed by atoms with van der Waals surface area (Å²) in [6, 6.07) is 6.78. The van der Waals surface area contributed by atoms with Crippen LogP contribution in [0.2, 0.25) is 5.02 Å². The monoisotopic (exact) mass is 603 g/mol. The molecule has 42 heavy (non-hydrogen) atoms. The van der Waals surface area contributed by atoms with Crippen molar-refractivity contribution < 1.29 is 36.6 Å². The van der Waals surface area contributed by atoms with E-state index in [1.54, 1.807) is 17.7 Å².